The maximum atomic E-state index is 13.4. The predicted molar refractivity (Wildman–Crippen MR) is 108 cm³/mol. The van der Waals surface area contributed by atoms with Crippen LogP contribution in [0.3, 0.4) is 0 Å². The summed E-state index contributed by atoms with van der Waals surface area (Å²) in [5.41, 5.74) is 0.688. The first-order valence-corrected chi connectivity index (χ1v) is 10.9. The average molecular weight is 520 g/mol. The van der Waals surface area contributed by atoms with Gasteiger partial charge in [-0.25, -0.2) is 8.42 Å². The van der Waals surface area contributed by atoms with Crippen LogP contribution in [0.4, 0.5) is 13.2 Å². The van der Waals surface area contributed by atoms with Crippen LogP contribution < -0.4 is 0 Å². The van der Waals surface area contributed by atoms with E-state index in [0.29, 0.717) is 38.6 Å². The Hall–Kier alpha value is -2.37. The lowest BCUT2D eigenvalue weighted by atomic mass is 10.1. The molecular formula is C18H11BrClF3N4O2S. The highest BCUT2D eigenvalue weighted by atomic mass is 79.9. The second-order valence-corrected chi connectivity index (χ2v) is 9.45. The van der Waals surface area contributed by atoms with Gasteiger partial charge in [-0.1, -0.05) is 33.6 Å². The molecule has 0 radical (unpaired) electrons. The molecule has 1 aromatic carbocycles. The van der Waals surface area contributed by atoms with Gasteiger partial charge in [-0.2, -0.15) is 18.3 Å². The first-order valence-electron chi connectivity index (χ1n) is 8.33. The van der Waals surface area contributed by atoms with E-state index < -0.39 is 21.9 Å². The Labute approximate surface area is 182 Å². The molecule has 12 heteroatoms. The number of fused-ring (bicyclic) bond motifs is 1. The van der Waals surface area contributed by atoms with Crippen molar-refractivity contribution in [3.8, 4) is 0 Å². The molecule has 1 aliphatic rings. The molecule has 2 aromatic heterocycles. The third-order valence-corrected chi connectivity index (χ3v) is 7.17. The molecule has 0 saturated carbocycles. The lowest BCUT2D eigenvalue weighted by Gasteiger charge is -2.30. The Morgan fingerprint density at radius 1 is 1.17 bits per heavy atom. The largest absolute Gasteiger partial charge is 0.433 e. The third-order valence-electron chi connectivity index (χ3n) is 4.45. The lowest BCUT2D eigenvalue weighted by molar-refractivity contribution is -0.141. The van der Waals surface area contributed by atoms with Gasteiger partial charge in [0.05, 0.1) is 29.2 Å². The summed E-state index contributed by atoms with van der Waals surface area (Å²) in [6.07, 6.45) is -0.917. The number of benzene rings is 1. The zero-order valence-corrected chi connectivity index (χ0v) is 17.9. The topological polar surface area (TPSA) is 79.0 Å². The molecule has 0 amide bonds. The van der Waals surface area contributed by atoms with Crippen molar-refractivity contribution in [3.05, 3.63) is 74.7 Å². The van der Waals surface area contributed by atoms with E-state index in [-0.39, 0.29) is 17.1 Å². The van der Waals surface area contributed by atoms with Crippen molar-refractivity contribution in [3.63, 3.8) is 0 Å². The quantitative estimate of drug-likeness (QED) is 0.532. The molecule has 30 heavy (non-hydrogen) atoms. The second kappa shape index (κ2) is 7.40. The van der Waals surface area contributed by atoms with Crippen LogP contribution in [0.15, 0.2) is 52.1 Å². The Kier molecular flexibility index (Phi) is 5.15. The number of rotatable bonds is 3. The van der Waals surface area contributed by atoms with E-state index in [9.17, 15) is 21.6 Å². The van der Waals surface area contributed by atoms with E-state index in [1.165, 1.54) is 6.20 Å². The van der Waals surface area contributed by atoms with Crippen LogP contribution in [0.2, 0.25) is 5.02 Å². The summed E-state index contributed by atoms with van der Waals surface area (Å²) in [5, 5.41) is 7.02. The molecule has 156 valence electrons. The molecule has 1 aliphatic heterocycles. The Morgan fingerprint density at radius 3 is 2.57 bits per heavy atom. The number of alkyl halides is 3. The highest BCUT2D eigenvalue weighted by Crippen LogP contribution is 2.40. The van der Waals surface area contributed by atoms with Crippen molar-refractivity contribution < 1.29 is 21.6 Å². The normalized spacial score (nSPS) is 14.4. The maximum absolute atomic E-state index is 13.4. The Balaban J connectivity index is 1.85. The highest BCUT2D eigenvalue weighted by molar-refractivity contribution is 9.10. The molecule has 0 unspecified atom stereocenters. The van der Waals surface area contributed by atoms with Gasteiger partial charge < -0.3 is 0 Å². The van der Waals surface area contributed by atoms with Gasteiger partial charge in [-0.05, 0) is 30.3 Å². The molecule has 0 bridgehead atoms. The molecule has 3 heterocycles. The fourth-order valence-electron chi connectivity index (χ4n) is 3.00. The van der Waals surface area contributed by atoms with E-state index in [4.69, 9.17) is 11.6 Å². The van der Waals surface area contributed by atoms with E-state index in [0.717, 1.165) is 10.4 Å². The molecule has 0 aliphatic carbocycles. The number of pyridine rings is 1. The SMILES string of the molecule is O=S(=O)(c1ccc(C(F)(F)F)nc1)N1Cc2cn[nH]c2C=C1c1c(Cl)cccc1Br. The summed E-state index contributed by atoms with van der Waals surface area (Å²) in [4.78, 5) is 2.90. The van der Waals surface area contributed by atoms with Crippen LogP contribution in [0.5, 0.6) is 0 Å². The molecule has 0 fully saturated rings. The molecule has 0 saturated heterocycles. The van der Waals surface area contributed by atoms with E-state index >= 15 is 0 Å². The van der Waals surface area contributed by atoms with Crippen molar-refractivity contribution in [1.82, 2.24) is 19.5 Å². The molecule has 0 atom stereocenters. The molecule has 6 nitrogen and oxygen atoms in total. The number of sulfonamides is 1. The second-order valence-electron chi connectivity index (χ2n) is 6.32. The number of aromatic nitrogens is 3. The van der Waals surface area contributed by atoms with Crippen molar-refractivity contribution in [2.45, 2.75) is 17.6 Å². The van der Waals surface area contributed by atoms with Crippen LogP contribution in [-0.2, 0) is 22.7 Å². The summed E-state index contributed by atoms with van der Waals surface area (Å²) < 4.78 is 66.8. The highest BCUT2D eigenvalue weighted by Gasteiger charge is 2.36. The van der Waals surface area contributed by atoms with Crippen LogP contribution in [-0.4, -0.2) is 27.9 Å². The standard InChI is InChI=1S/C18H11BrClF3N4O2S/c19-12-2-1-3-13(20)17(12)15-6-14-10(7-25-26-14)9-27(15)30(28,29)11-4-5-16(24-8-11)18(21,22)23/h1-8H,9H2,(H,25,26). The molecular weight excluding hydrogens is 509 g/mol. The minimum absolute atomic E-state index is 0.0846. The number of hydrogen-bond acceptors (Lipinski definition) is 4. The zero-order chi connectivity index (χ0) is 21.7. The third kappa shape index (κ3) is 3.61. The van der Waals surface area contributed by atoms with E-state index in [2.05, 4.69) is 31.1 Å². The zero-order valence-electron chi connectivity index (χ0n) is 14.8. The number of aromatic amines is 1. The van der Waals surface area contributed by atoms with Crippen LogP contribution in [0, 0.1) is 0 Å². The van der Waals surface area contributed by atoms with Crippen molar-refractivity contribution >= 4 is 49.3 Å². The van der Waals surface area contributed by atoms with Gasteiger partial charge in [-0.3, -0.25) is 14.4 Å². The van der Waals surface area contributed by atoms with Crippen molar-refractivity contribution in [1.29, 1.82) is 0 Å². The molecule has 4 rings (SSSR count). The minimum atomic E-state index is -4.67. The van der Waals surface area contributed by atoms with Crippen LogP contribution >= 0.6 is 27.5 Å². The minimum Gasteiger partial charge on any atom is -0.278 e. The van der Waals surface area contributed by atoms with Gasteiger partial charge in [0.15, 0.2) is 0 Å². The predicted octanol–water partition coefficient (Wildman–Crippen LogP) is 4.94. The van der Waals surface area contributed by atoms with Crippen LogP contribution in [0.1, 0.15) is 22.5 Å². The summed E-state index contributed by atoms with van der Waals surface area (Å²) in [6.45, 7) is -0.0846. The van der Waals surface area contributed by atoms with Crippen molar-refractivity contribution in [2.24, 2.45) is 0 Å². The number of H-pyrrole nitrogens is 1. The van der Waals surface area contributed by atoms with Crippen molar-refractivity contribution in [2.75, 3.05) is 0 Å². The van der Waals surface area contributed by atoms with Gasteiger partial charge in [0.2, 0.25) is 0 Å². The van der Waals surface area contributed by atoms with Gasteiger partial charge >= 0.3 is 6.18 Å². The monoisotopic (exact) mass is 518 g/mol. The summed E-state index contributed by atoms with van der Waals surface area (Å²) in [5.74, 6) is 0. The molecule has 3 aromatic rings. The van der Waals surface area contributed by atoms with Gasteiger partial charge in [0.25, 0.3) is 10.0 Å². The van der Waals surface area contributed by atoms with Crippen LogP contribution in [0.25, 0.3) is 11.8 Å². The Morgan fingerprint density at radius 2 is 1.93 bits per heavy atom. The summed E-state index contributed by atoms with van der Waals surface area (Å²) >= 11 is 9.73. The first kappa shape index (κ1) is 20.9. The average Bonchev–Trinajstić information content (AvgIpc) is 3.14. The maximum Gasteiger partial charge on any atom is 0.433 e. The fourth-order valence-corrected chi connectivity index (χ4v) is 5.35. The summed E-state index contributed by atoms with van der Waals surface area (Å²) in [6, 6.07) is 6.52. The molecule has 1 N–H and O–H groups in total. The number of nitrogens with zero attached hydrogens (tertiary/aromatic N) is 3. The van der Waals surface area contributed by atoms with Gasteiger partial charge in [0.1, 0.15) is 10.6 Å². The number of halogens is 5. The number of nitrogens with one attached hydrogen (secondary N) is 1. The van der Waals surface area contributed by atoms with Gasteiger partial charge in [0, 0.05) is 21.8 Å². The van der Waals surface area contributed by atoms with E-state index in [1.54, 1.807) is 24.3 Å². The summed E-state index contributed by atoms with van der Waals surface area (Å²) in [7, 11) is -4.26. The number of hydrogen-bond donors (Lipinski definition) is 1. The van der Waals surface area contributed by atoms with Gasteiger partial charge in [-0.15, -0.1) is 0 Å². The first-order chi connectivity index (χ1) is 14.1. The lowest BCUT2D eigenvalue weighted by Crippen LogP contribution is -2.31. The fraction of sp³-hybridized carbons (Fsp3) is 0.111. The van der Waals surface area contributed by atoms with E-state index in [1.807, 2.05) is 0 Å². The smallest absolute Gasteiger partial charge is 0.278 e. The molecule has 0 spiro atoms. The Bertz CT molecular complexity index is 1240.